The second-order valence-corrected chi connectivity index (χ2v) is 6.51. The smallest absolute Gasteiger partial charge is 0.312 e. The zero-order valence-electron chi connectivity index (χ0n) is 14.8. The molecule has 130 valence electrons. The molecule has 1 fully saturated rings. The van der Waals surface area contributed by atoms with E-state index in [1.807, 2.05) is 45.9 Å². The first-order valence-corrected chi connectivity index (χ1v) is 8.26. The summed E-state index contributed by atoms with van der Waals surface area (Å²) in [4.78, 5) is 39.6. The van der Waals surface area contributed by atoms with Crippen LogP contribution in [0, 0.1) is 13.8 Å². The lowest BCUT2D eigenvalue weighted by Gasteiger charge is -2.34. The molecule has 24 heavy (non-hydrogen) atoms. The van der Waals surface area contributed by atoms with E-state index in [0.717, 1.165) is 11.1 Å². The van der Waals surface area contributed by atoms with Crippen molar-refractivity contribution in [2.24, 2.45) is 0 Å². The van der Waals surface area contributed by atoms with E-state index in [1.54, 1.807) is 4.90 Å². The van der Waals surface area contributed by atoms with Gasteiger partial charge in [-0.05, 0) is 51.0 Å². The number of amides is 3. The molecule has 0 bridgehead atoms. The summed E-state index contributed by atoms with van der Waals surface area (Å²) in [5, 5.41) is 2.60. The minimum Gasteiger partial charge on any atom is -0.346 e. The molecule has 1 saturated heterocycles. The summed E-state index contributed by atoms with van der Waals surface area (Å²) >= 11 is 0. The maximum Gasteiger partial charge on any atom is 0.312 e. The molecule has 0 aliphatic carbocycles. The lowest BCUT2D eigenvalue weighted by atomic mass is 10.1. The van der Waals surface area contributed by atoms with Crippen molar-refractivity contribution in [1.29, 1.82) is 0 Å². The standard InChI is InChI=1S/C18H25N3O3/c1-12(2)19-16(22)18(24)21-9-7-20(8-10-21)17(23)15-6-5-13(3)14(4)11-15/h5-6,11-12H,7-10H2,1-4H3,(H,19,22). The summed E-state index contributed by atoms with van der Waals surface area (Å²) in [7, 11) is 0. The van der Waals surface area contributed by atoms with Gasteiger partial charge in [0.05, 0.1) is 0 Å². The number of carbonyl (C=O) groups is 3. The Kier molecular flexibility index (Phi) is 5.59. The van der Waals surface area contributed by atoms with Crippen LogP contribution in [0.1, 0.15) is 35.3 Å². The van der Waals surface area contributed by atoms with Crippen LogP contribution in [0.5, 0.6) is 0 Å². The van der Waals surface area contributed by atoms with Crippen LogP contribution in [0.15, 0.2) is 18.2 Å². The van der Waals surface area contributed by atoms with Gasteiger partial charge in [0.2, 0.25) is 0 Å². The third-order valence-electron chi connectivity index (χ3n) is 4.22. The van der Waals surface area contributed by atoms with Gasteiger partial charge >= 0.3 is 11.8 Å². The summed E-state index contributed by atoms with van der Waals surface area (Å²) in [6, 6.07) is 5.59. The summed E-state index contributed by atoms with van der Waals surface area (Å²) in [6.07, 6.45) is 0. The third kappa shape index (κ3) is 4.13. The maximum absolute atomic E-state index is 12.6. The zero-order chi connectivity index (χ0) is 17.9. The van der Waals surface area contributed by atoms with E-state index in [1.165, 1.54) is 4.90 Å². The van der Waals surface area contributed by atoms with Crippen LogP contribution in [0.25, 0.3) is 0 Å². The summed E-state index contributed by atoms with van der Waals surface area (Å²) in [6.45, 7) is 9.24. The minimum atomic E-state index is -0.584. The van der Waals surface area contributed by atoms with Gasteiger partial charge in [0.15, 0.2) is 0 Å². The molecule has 0 radical (unpaired) electrons. The fourth-order valence-corrected chi connectivity index (χ4v) is 2.64. The van der Waals surface area contributed by atoms with Gasteiger partial charge in [0.1, 0.15) is 0 Å². The molecule has 1 aromatic rings. The van der Waals surface area contributed by atoms with Gasteiger partial charge in [0, 0.05) is 37.8 Å². The van der Waals surface area contributed by atoms with Crippen molar-refractivity contribution in [2.75, 3.05) is 26.2 Å². The van der Waals surface area contributed by atoms with Crippen LogP contribution in [-0.2, 0) is 9.59 Å². The molecule has 1 N–H and O–H groups in total. The summed E-state index contributed by atoms with van der Waals surface area (Å²) in [5.74, 6) is -1.14. The van der Waals surface area contributed by atoms with Crippen molar-refractivity contribution in [2.45, 2.75) is 33.7 Å². The maximum atomic E-state index is 12.6. The number of aryl methyl sites for hydroxylation is 2. The molecule has 0 atom stereocenters. The number of hydrogen-bond donors (Lipinski definition) is 1. The van der Waals surface area contributed by atoms with Crippen LogP contribution < -0.4 is 5.32 Å². The molecule has 2 rings (SSSR count). The van der Waals surface area contributed by atoms with E-state index in [2.05, 4.69) is 5.32 Å². The average molecular weight is 331 g/mol. The third-order valence-corrected chi connectivity index (χ3v) is 4.22. The van der Waals surface area contributed by atoms with E-state index in [0.29, 0.717) is 31.7 Å². The molecule has 0 unspecified atom stereocenters. The number of carbonyl (C=O) groups excluding carboxylic acids is 3. The van der Waals surface area contributed by atoms with Crippen LogP contribution in [-0.4, -0.2) is 59.7 Å². The number of rotatable bonds is 2. The quantitative estimate of drug-likeness (QED) is 0.826. The highest BCUT2D eigenvalue weighted by Crippen LogP contribution is 2.13. The molecule has 1 heterocycles. The zero-order valence-corrected chi connectivity index (χ0v) is 14.8. The lowest BCUT2D eigenvalue weighted by molar-refractivity contribution is -0.147. The van der Waals surface area contributed by atoms with Gasteiger partial charge in [-0.15, -0.1) is 0 Å². The lowest BCUT2D eigenvalue weighted by Crippen LogP contribution is -2.54. The van der Waals surface area contributed by atoms with Crippen LogP contribution >= 0.6 is 0 Å². The Morgan fingerprint density at radius 3 is 2.08 bits per heavy atom. The Labute approximate surface area is 142 Å². The number of nitrogens with zero attached hydrogens (tertiary/aromatic N) is 2. The van der Waals surface area contributed by atoms with Crippen LogP contribution in [0.4, 0.5) is 0 Å². The second kappa shape index (κ2) is 7.47. The average Bonchev–Trinajstić information content (AvgIpc) is 2.55. The highest BCUT2D eigenvalue weighted by molar-refractivity contribution is 6.35. The highest BCUT2D eigenvalue weighted by atomic mass is 16.2. The van der Waals surface area contributed by atoms with Crippen molar-refractivity contribution >= 4 is 17.7 Å². The van der Waals surface area contributed by atoms with Crippen molar-refractivity contribution in [1.82, 2.24) is 15.1 Å². The highest BCUT2D eigenvalue weighted by Gasteiger charge is 2.28. The Bertz CT molecular complexity index is 647. The molecule has 0 aromatic heterocycles. The summed E-state index contributed by atoms with van der Waals surface area (Å²) in [5.41, 5.74) is 2.90. The topological polar surface area (TPSA) is 69.7 Å². The molecule has 1 aromatic carbocycles. The molecular formula is C18H25N3O3. The molecule has 0 saturated carbocycles. The normalized spacial score (nSPS) is 14.7. The van der Waals surface area contributed by atoms with E-state index >= 15 is 0 Å². The van der Waals surface area contributed by atoms with Crippen LogP contribution in [0.2, 0.25) is 0 Å². The van der Waals surface area contributed by atoms with Crippen LogP contribution in [0.3, 0.4) is 0 Å². The SMILES string of the molecule is Cc1ccc(C(=O)N2CCN(C(=O)C(=O)NC(C)C)CC2)cc1C. The Morgan fingerprint density at radius 2 is 1.54 bits per heavy atom. The first-order chi connectivity index (χ1) is 11.3. The fraction of sp³-hybridized carbons (Fsp3) is 0.500. The molecule has 0 spiro atoms. The van der Waals surface area contributed by atoms with E-state index in [4.69, 9.17) is 0 Å². The molecule has 6 nitrogen and oxygen atoms in total. The van der Waals surface area contributed by atoms with Gasteiger partial charge in [-0.1, -0.05) is 6.07 Å². The number of piperazine rings is 1. The number of benzene rings is 1. The van der Waals surface area contributed by atoms with Gasteiger partial charge < -0.3 is 15.1 Å². The second-order valence-electron chi connectivity index (χ2n) is 6.51. The van der Waals surface area contributed by atoms with E-state index in [9.17, 15) is 14.4 Å². The van der Waals surface area contributed by atoms with Gasteiger partial charge in [-0.2, -0.15) is 0 Å². The number of nitrogens with one attached hydrogen (secondary N) is 1. The van der Waals surface area contributed by atoms with Crippen molar-refractivity contribution < 1.29 is 14.4 Å². The first kappa shape index (κ1) is 18.0. The van der Waals surface area contributed by atoms with Gasteiger partial charge in [-0.3, -0.25) is 14.4 Å². The summed E-state index contributed by atoms with van der Waals surface area (Å²) < 4.78 is 0. The van der Waals surface area contributed by atoms with Gasteiger partial charge in [0.25, 0.3) is 5.91 Å². The largest absolute Gasteiger partial charge is 0.346 e. The van der Waals surface area contributed by atoms with Crippen molar-refractivity contribution in [3.63, 3.8) is 0 Å². The fourth-order valence-electron chi connectivity index (χ4n) is 2.64. The number of hydrogen-bond acceptors (Lipinski definition) is 3. The Balaban J connectivity index is 1.94. The predicted molar refractivity (Wildman–Crippen MR) is 91.7 cm³/mol. The Hall–Kier alpha value is -2.37. The predicted octanol–water partition coefficient (Wildman–Crippen LogP) is 1.11. The molecule has 3 amide bonds. The van der Waals surface area contributed by atoms with Crippen molar-refractivity contribution in [3.8, 4) is 0 Å². The van der Waals surface area contributed by atoms with Gasteiger partial charge in [-0.25, -0.2) is 0 Å². The molecule has 6 heteroatoms. The van der Waals surface area contributed by atoms with E-state index in [-0.39, 0.29) is 11.9 Å². The van der Waals surface area contributed by atoms with Crippen molar-refractivity contribution in [3.05, 3.63) is 34.9 Å². The Morgan fingerprint density at radius 1 is 0.958 bits per heavy atom. The molecular weight excluding hydrogens is 306 g/mol. The monoisotopic (exact) mass is 331 g/mol. The first-order valence-electron chi connectivity index (χ1n) is 8.26. The molecule has 1 aliphatic heterocycles. The van der Waals surface area contributed by atoms with E-state index < -0.39 is 11.8 Å². The molecule has 1 aliphatic rings. The minimum absolute atomic E-state index is 0.0307.